The van der Waals surface area contributed by atoms with Crippen LogP contribution in [0.15, 0.2) is 36.6 Å². The Kier molecular flexibility index (Phi) is 3.10. The lowest BCUT2D eigenvalue weighted by molar-refractivity contribution is 0.0481. The molecule has 1 saturated carbocycles. The van der Waals surface area contributed by atoms with Gasteiger partial charge in [-0.3, -0.25) is 0 Å². The van der Waals surface area contributed by atoms with Gasteiger partial charge in [-0.1, -0.05) is 30.3 Å². The van der Waals surface area contributed by atoms with Gasteiger partial charge in [0.2, 0.25) is 0 Å². The van der Waals surface area contributed by atoms with Gasteiger partial charge >= 0.3 is 0 Å². The highest BCUT2D eigenvalue weighted by Gasteiger charge is 2.29. The van der Waals surface area contributed by atoms with E-state index in [9.17, 15) is 0 Å². The van der Waals surface area contributed by atoms with Crippen LogP contribution < -0.4 is 0 Å². The zero-order chi connectivity index (χ0) is 10.6. The van der Waals surface area contributed by atoms with Crippen LogP contribution in [0.4, 0.5) is 0 Å². The summed E-state index contributed by atoms with van der Waals surface area (Å²) >= 11 is 0. The Balaban J connectivity index is 1.90. The highest BCUT2D eigenvalue weighted by Crippen LogP contribution is 2.32. The SMILES string of the molecule is CC1(OC=Cc2ccccc2)CCCC1. The third kappa shape index (κ3) is 2.85. The fraction of sp³-hybridized carbons (Fsp3) is 0.429. The summed E-state index contributed by atoms with van der Waals surface area (Å²) in [6.45, 7) is 2.20. The summed E-state index contributed by atoms with van der Waals surface area (Å²) in [5.74, 6) is 0. The van der Waals surface area contributed by atoms with Gasteiger partial charge in [0.1, 0.15) is 5.60 Å². The molecular formula is C14H18O. The van der Waals surface area contributed by atoms with Crippen LogP contribution in [0.25, 0.3) is 6.08 Å². The first kappa shape index (κ1) is 10.3. The van der Waals surface area contributed by atoms with Crippen molar-refractivity contribution in [3.8, 4) is 0 Å². The number of hydrogen-bond acceptors (Lipinski definition) is 1. The van der Waals surface area contributed by atoms with Gasteiger partial charge in [-0.05, 0) is 44.2 Å². The van der Waals surface area contributed by atoms with Crippen molar-refractivity contribution in [2.75, 3.05) is 0 Å². The normalized spacial score (nSPS) is 19.5. The second-order valence-corrected chi connectivity index (χ2v) is 4.49. The van der Waals surface area contributed by atoms with E-state index in [1.54, 1.807) is 0 Å². The van der Waals surface area contributed by atoms with Crippen LogP contribution in [0.5, 0.6) is 0 Å². The maximum absolute atomic E-state index is 5.81. The Morgan fingerprint density at radius 2 is 1.80 bits per heavy atom. The molecule has 0 atom stereocenters. The molecule has 0 spiro atoms. The van der Waals surface area contributed by atoms with Crippen molar-refractivity contribution in [2.24, 2.45) is 0 Å². The van der Waals surface area contributed by atoms with E-state index in [0.29, 0.717) is 0 Å². The summed E-state index contributed by atoms with van der Waals surface area (Å²) in [4.78, 5) is 0. The van der Waals surface area contributed by atoms with E-state index >= 15 is 0 Å². The van der Waals surface area contributed by atoms with Crippen LogP contribution >= 0.6 is 0 Å². The van der Waals surface area contributed by atoms with Crippen molar-refractivity contribution in [3.63, 3.8) is 0 Å². The van der Waals surface area contributed by atoms with Gasteiger partial charge in [0.15, 0.2) is 0 Å². The van der Waals surface area contributed by atoms with Crippen LogP contribution in [0.1, 0.15) is 38.2 Å². The van der Waals surface area contributed by atoms with Crippen molar-refractivity contribution < 1.29 is 4.74 Å². The Morgan fingerprint density at radius 3 is 2.47 bits per heavy atom. The molecule has 2 rings (SSSR count). The topological polar surface area (TPSA) is 9.23 Å². The molecule has 1 aromatic rings. The zero-order valence-corrected chi connectivity index (χ0v) is 9.28. The van der Waals surface area contributed by atoms with E-state index in [2.05, 4.69) is 19.1 Å². The molecule has 1 aliphatic carbocycles. The molecule has 1 nitrogen and oxygen atoms in total. The van der Waals surface area contributed by atoms with Gasteiger partial charge in [0.25, 0.3) is 0 Å². The van der Waals surface area contributed by atoms with Crippen molar-refractivity contribution in [2.45, 2.75) is 38.2 Å². The third-order valence-corrected chi connectivity index (χ3v) is 3.07. The molecule has 1 aliphatic rings. The highest BCUT2D eigenvalue weighted by molar-refractivity contribution is 5.47. The molecule has 0 unspecified atom stereocenters. The number of hydrogen-bond donors (Lipinski definition) is 0. The number of rotatable bonds is 3. The maximum Gasteiger partial charge on any atom is 0.105 e. The van der Waals surface area contributed by atoms with Gasteiger partial charge in [0.05, 0.1) is 6.26 Å². The lowest BCUT2D eigenvalue weighted by atomic mass is 10.1. The van der Waals surface area contributed by atoms with E-state index in [4.69, 9.17) is 4.74 Å². The monoisotopic (exact) mass is 202 g/mol. The fourth-order valence-electron chi connectivity index (χ4n) is 2.08. The quantitative estimate of drug-likeness (QED) is 0.673. The largest absolute Gasteiger partial charge is 0.495 e. The van der Waals surface area contributed by atoms with E-state index < -0.39 is 0 Å². The number of ether oxygens (including phenoxy) is 1. The molecule has 1 fully saturated rings. The van der Waals surface area contributed by atoms with Crippen LogP contribution in [0.3, 0.4) is 0 Å². The van der Waals surface area contributed by atoms with E-state index in [0.717, 1.165) is 0 Å². The van der Waals surface area contributed by atoms with Gasteiger partial charge in [0, 0.05) is 0 Å². The molecule has 80 valence electrons. The van der Waals surface area contributed by atoms with Gasteiger partial charge in [-0.2, -0.15) is 0 Å². The summed E-state index contributed by atoms with van der Waals surface area (Å²) in [6.07, 6.45) is 8.85. The summed E-state index contributed by atoms with van der Waals surface area (Å²) in [6, 6.07) is 10.3. The standard InChI is InChI=1S/C14H18O/c1-14(10-5-6-11-14)15-12-9-13-7-3-2-4-8-13/h2-4,7-9,12H,5-6,10-11H2,1H3. The van der Waals surface area contributed by atoms with Gasteiger partial charge < -0.3 is 4.74 Å². The summed E-state index contributed by atoms with van der Waals surface area (Å²) in [7, 11) is 0. The molecule has 0 N–H and O–H groups in total. The third-order valence-electron chi connectivity index (χ3n) is 3.07. The molecule has 15 heavy (non-hydrogen) atoms. The summed E-state index contributed by atoms with van der Waals surface area (Å²) in [5.41, 5.74) is 1.28. The smallest absolute Gasteiger partial charge is 0.105 e. The van der Waals surface area contributed by atoms with Gasteiger partial charge in [-0.25, -0.2) is 0 Å². The molecule has 0 amide bonds. The highest BCUT2D eigenvalue weighted by atomic mass is 16.5. The van der Waals surface area contributed by atoms with E-state index in [-0.39, 0.29) is 5.60 Å². The minimum Gasteiger partial charge on any atom is -0.495 e. The first-order chi connectivity index (χ1) is 7.29. The summed E-state index contributed by atoms with van der Waals surface area (Å²) in [5, 5.41) is 0. The minimum atomic E-state index is 0.0886. The fourth-order valence-corrected chi connectivity index (χ4v) is 2.08. The first-order valence-corrected chi connectivity index (χ1v) is 5.68. The molecule has 0 aromatic heterocycles. The molecule has 1 heteroatoms. The van der Waals surface area contributed by atoms with Crippen LogP contribution in [0, 0.1) is 0 Å². The minimum absolute atomic E-state index is 0.0886. The Bertz CT molecular complexity index is 320. The average Bonchev–Trinajstić information content (AvgIpc) is 2.67. The molecule has 1 aromatic carbocycles. The van der Waals surface area contributed by atoms with E-state index in [1.807, 2.05) is 30.5 Å². The second kappa shape index (κ2) is 4.52. The molecule has 0 saturated heterocycles. The predicted molar refractivity (Wildman–Crippen MR) is 63.4 cm³/mol. The predicted octanol–water partition coefficient (Wildman–Crippen LogP) is 4.01. The lowest BCUT2D eigenvalue weighted by Crippen LogP contribution is -2.21. The molecule has 0 bridgehead atoms. The van der Waals surface area contributed by atoms with Crippen molar-refractivity contribution in [3.05, 3.63) is 42.2 Å². The van der Waals surface area contributed by atoms with E-state index in [1.165, 1.54) is 31.2 Å². The molecule has 0 heterocycles. The first-order valence-electron chi connectivity index (χ1n) is 5.68. The Hall–Kier alpha value is -1.24. The van der Waals surface area contributed by atoms with Crippen LogP contribution in [-0.2, 0) is 4.74 Å². The summed E-state index contributed by atoms with van der Waals surface area (Å²) < 4.78 is 5.81. The Labute approximate surface area is 91.8 Å². The van der Waals surface area contributed by atoms with Crippen LogP contribution in [-0.4, -0.2) is 5.60 Å². The molecular weight excluding hydrogens is 184 g/mol. The van der Waals surface area contributed by atoms with Gasteiger partial charge in [-0.15, -0.1) is 0 Å². The zero-order valence-electron chi connectivity index (χ0n) is 9.28. The lowest BCUT2D eigenvalue weighted by Gasteiger charge is -2.22. The van der Waals surface area contributed by atoms with Crippen molar-refractivity contribution in [1.29, 1.82) is 0 Å². The molecule has 0 aliphatic heterocycles. The van der Waals surface area contributed by atoms with Crippen molar-refractivity contribution in [1.82, 2.24) is 0 Å². The second-order valence-electron chi connectivity index (χ2n) is 4.49. The Morgan fingerprint density at radius 1 is 1.13 bits per heavy atom. The van der Waals surface area contributed by atoms with Crippen LogP contribution in [0.2, 0.25) is 0 Å². The van der Waals surface area contributed by atoms with Crippen molar-refractivity contribution >= 4 is 6.08 Å². The molecule has 0 radical (unpaired) electrons. The number of benzene rings is 1. The average molecular weight is 202 g/mol. The maximum atomic E-state index is 5.81.